The summed E-state index contributed by atoms with van der Waals surface area (Å²) in [4.78, 5) is 2.20. The predicted molar refractivity (Wildman–Crippen MR) is 113 cm³/mol. The van der Waals surface area contributed by atoms with E-state index in [1.807, 2.05) is 19.2 Å². The van der Waals surface area contributed by atoms with Gasteiger partial charge in [0.15, 0.2) is 11.5 Å². The van der Waals surface area contributed by atoms with Gasteiger partial charge in [-0.1, -0.05) is 12.1 Å². The lowest BCUT2D eigenvalue weighted by Crippen LogP contribution is -2.60. The topological polar surface area (TPSA) is 143 Å². The Morgan fingerprint density at radius 3 is 2.44 bits per heavy atom. The summed E-state index contributed by atoms with van der Waals surface area (Å²) in [5.41, 5.74) is 2.96. The number of likely N-dealkylation sites (N-methyl/N-ethyl adjacent to an activating group) is 1. The maximum Gasteiger partial charge on any atom is 0.229 e. The standard InChI is InChI=1S/C23H29NO8/c1-24-7-6-13-9-17(27)18(31-23-22(30)21(29)20(28)19(11-25)32-23)10-15(13)16(24)8-12-2-4-14(26)5-3-12/h2-5,9-10,16,19-23,25-30H,6-8,11H2,1H3/t16-,19+,20+,21-,22+,23+/m0/s1. The molecule has 2 aliphatic heterocycles. The number of aliphatic hydroxyl groups excluding tert-OH is 4. The Bertz CT molecular complexity index is 934. The first kappa shape index (κ1) is 22.8. The van der Waals surface area contributed by atoms with Crippen LogP contribution in [0.4, 0.5) is 0 Å². The van der Waals surface area contributed by atoms with Crippen LogP contribution in [0.2, 0.25) is 0 Å². The lowest BCUT2D eigenvalue weighted by molar-refractivity contribution is -0.277. The third-order valence-electron chi connectivity index (χ3n) is 6.30. The number of hydrogen-bond acceptors (Lipinski definition) is 9. The normalized spacial score (nSPS) is 30.7. The molecule has 1 saturated heterocycles. The Balaban J connectivity index is 1.61. The number of hydrogen-bond donors (Lipinski definition) is 6. The number of rotatable bonds is 5. The van der Waals surface area contributed by atoms with Crippen molar-refractivity contribution in [1.29, 1.82) is 0 Å². The highest BCUT2D eigenvalue weighted by atomic mass is 16.7. The van der Waals surface area contributed by atoms with E-state index >= 15 is 0 Å². The first-order chi connectivity index (χ1) is 15.3. The molecule has 0 saturated carbocycles. The Hall–Kier alpha value is -2.40. The van der Waals surface area contributed by atoms with Crippen LogP contribution >= 0.6 is 0 Å². The minimum atomic E-state index is -1.57. The molecule has 0 amide bonds. The quantitative estimate of drug-likeness (QED) is 0.375. The van der Waals surface area contributed by atoms with Gasteiger partial charge in [-0.3, -0.25) is 4.90 Å². The summed E-state index contributed by atoms with van der Waals surface area (Å²) in [7, 11) is 2.01. The van der Waals surface area contributed by atoms with Crippen LogP contribution in [0.25, 0.3) is 0 Å². The second kappa shape index (κ2) is 9.22. The highest BCUT2D eigenvalue weighted by Gasteiger charge is 2.45. The van der Waals surface area contributed by atoms with Gasteiger partial charge in [-0.25, -0.2) is 0 Å². The van der Waals surface area contributed by atoms with Gasteiger partial charge in [-0.2, -0.15) is 0 Å². The summed E-state index contributed by atoms with van der Waals surface area (Å²) >= 11 is 0. The molecule has 0 spiro atoms. The van der Waals surface area contributed by atoms with Crippen LogP contribution in [-0.2, 0) is 17.6 Å². The fourth-order valence-corrected chi connectivity index (χ4v) is 4.35. The zero-order valence-electron chi connectivity index (χ0n) is 17.7. The van der Waals surface area contributed by atoms with Crippen molar-refractivity contribution < 1.29 is 40.1 Å². The summed E-state index contributed by atoms with van der Waals surface area (Å²) in [5, 5.41) is 59.7. The van der Waals surface area contributed by atoms with Crippen molar-refractivity contribution in [2.45, 2.75) is 49.6 Å². The molecule has 0 aromatic heterocycles. The van der Waals surface area contributed by atoms with Crippen molar-refractivity contribution in [2.24, 2.45) is 0 Å². The SMILES string of the molecule is CN1CCc2cc(O)c(O[C@@H]3O[C@H](CO)[C@@H](O)[C@H](O)[C@H]3O)cc2[C@@H]1Cc1ccc(O)cc1. The Morgan fingerprint density at radius 2 is 1.75 bits per heavy atom. The molecular formula is C23H29NO8. The van der Waals surface area contributed by atoms with E-state index in [1.165, 1.54) is 0 Å². The average molecular weight is 447 g/mol. The number of fused-ring (bicyclic) bond motifs is 1. The molecule has 32 heavy (non-hydrogen) atoms. The summed E-state index contributed by atoms with van der Waals surface area (Å²) < 4.78 is 11.1. The van der Waals surface area contributed by atoms with Gasteiger partial charge in [-0.05, 0) is 60.8 Å². The molecular weight excluding hydrogens is 418 g/mol. The van der Waals surface area contributed by atoms with Crippen LogP contribution in [0, 0.1) is 0 Å². The zero-order valence-corrected chi connectivity index (χ0v) is 17.7. The van der Waals surface area contributed by atoms with E-state index in [9.17, 15) is 30.6 Å². The van der Waals surface area contributed by atoms with Crippen LogP contribution in [0.1, 0.15) is 22.7 Å². The second-order valence-electron chi connectivity index (χ2n) is 8.45. The van der Waals surface area contributed by atoms with Crippen molar-refractivity contribution in [3.63, 3.8) is 0 Å². The Morgan fingerprint density at radius 1 is 1.03 bits per heavy atom. The van der Waals surface area contributed by atoms with Gasteiger partial charge in [0.05, 0.1) is 6.61 Å². The molecule has 6 N–H and O–H groups in total. The second-order valence-corrected chi connectivity index (χ2v) is 8.45. The van der Waals surface area contributed by atoms with Gasteiger partial charge in [0.1, 0.15) is 30.2 Å². The third-order valence-corrected chi connectivity index (χ3v) is 6.30. The van der Waals surface area contributed by atoms with Gasteiger partial charge in [0, 0.05) is 12.6 Å². The number of benzene rings is 2. The average Bonchev–Trinajstić information content (AvgIpc) is 2.78. The number of aromatic hydroxyl groups is 2. The lowest BCUT2D eigenvalue weighted by Gasteiger charge is -2.40. The Labute approximate surface area is 185 Å². The number of aliphatic hydroxyl groups is 4. The van der Waals surface area contributed by atoms with Crippen LogP contribution in [-0.4, -0.2) is 86.4 Å². The van der Waals surface area contributed by atoms with Crippen molar-refractivity contribution >= 4 is 0 Å². The first-order valence-electron chi connectivity index (χ1n) is 10.6. The molecule has 0 bridgehead atoms. The fourth-order valence-electron chi connectivity index (χ4n) is 4.35. The molecule has 9 heteroatoms. The monoisotopic (exact) mass is 447 g/mol. The van der Waals surface area contributed by atoms with E-state index in [1.54, 1.807) is 24.3 Å². The van der Waals surface area contributed by atoms with E-state index in [2.05, 4.69) is 4.90 Å². The van der Waals surface area contributed by atoms with Crippen molar-refractivity contribution in [3.8, 4) is 17.2 Å². The highest BCUT2D eigenvalue weighted by Crippen LogP contribution is 2.39. The van der Waals surface area contributed by atoms with Crippen molar-refractivity contribution in [3.05, 3.63) is 53.1 Å². The van der Waals surface area contributed by atoms with Crippen LogP contribution in [0.3, 0.4) is 0 Å². The van der Waals surface area contributed by atoms with Crippen LogP contribution in [0.15, 0.2) is 36.4 Å². The van der Waals surface area contributed by atoms with E-state index < -0.39 is 37.3 Å². The minimum absolute atomic E-state index is 0.0129. The smallest absolute Gasteiger partial charge is 0.229 e. The summed E-state index contributed by atoms with van der Waals surface area (Å²) in [5.74, 6) is 0.138. The molecule has 6 atom stereocenters. The number of ether oxygens (including phenoxy) is 2. The number of phenols is 2. The molecule has 0 aliphatic carbocycles. The summed E-state index contributed by atoms with van der Waals surface area (Å²) in [6.45, 7) is 0.239. The first-order valence-corrected chi connectivity index (χ1v) is 10.6. The van der Waals surface area contributed by atoms with E-state index in [-0.39, 0.29) is 23.3 Å². The van der Waals surface area contributed by atoms with E-state index in [0.717, 1.165) is 29.7 Å². The maximum absolute atomic E-state index is 10.5. The van der Waals surface area contributed by atoms with E-state index in [4.69, 9.17) is 9.47 Å². The number of phenolic OH excluding ortho intramolecular Hbond substituents is 2. The molecule has 1 fully saturated rings. The predicted octanol–water partition coefficient (Wildman–Crippen LogP) is 0.0482. The molecule has 2 aromatic carbocycles. The molecule has 2 aliphatic rings. The van der Waals surface area contributed by atoms with Crippen molar-refractivity contribution in [1.82, 2.24) is 4.90 Å². The molecule has 0 radical (unpaired) electrons. The molecule has 4 rings (SSSR count). The van der Waals surface area contributed by atoms with Gasteiger partial charge in [0.2, 0.25) is 6.29 Å². The van der Waals surface area contributed by atoms with Crippen LogP contribution < -0.4 is 4.74 Å². The minimum Gasteiger partial charge on any atom is -0.508 e. The van der Waals surface area contributed by atoms with Gasteiger partial charge >= 0.3 is 0 Å². The molecule has 2 heterocycles. The van der Waals surface area contributed by atoms with Gasteiger partial charge < -0.3 is 40.1 Å². The van der Waals surface area contributed by atoms with Crippen LogP contribution in [0.5, 0.6) is 17.2 Å². The fraction of sp³-hybridized carbons (Fsp3) is 0.478. The molecule has 9 nitrogen and oxygen atoms in total. The summed E-state index contributed by atoms with van der Waals surface area (Å²) in [6, 6.07) is 10.3. The third kappa shape index (κ3) is 4.40. The molecule has 0 unspecified atom stereocenters. The van der Waals surface area contributed by atoms with Gasteiger partial charge in [-0.15, -0.1) is 0 Å². The summed E-state index contributed by atoms with van der Waals surface area (Å²) in [6.07, 6.45) is -5.70. The Kier molecular flexibility index (Phi) is 6.57. The largest absolute Gasteiger partial charge is 0.508 e. The molecule has 2 aromatic rings. The zero-order chi connectivity index (χ0) is 23.0. The lowest BCUT2D eigenvalue weighted by atomic mass is 9.88. The maximum atomic E-state index is 10.5. The molecule has 174 valence electrons. The highest BCUT2D eigenvalue weighted by molar-refractivity contribution is 5.49. The van der Waals surface area contributed by atoms with Crippen molar-refractivity contribution in [2.75, 3.05) is 20.2 Å². The number of nitrogens with zero attached hydrogens (tertiary/aromatic N) is 1. The van der Waals surface area contributed by atoms with Gasteiger partial charge in [0.25, 0.3) is 0 Å². The van der Waals surface area contributed by atoms with E-state index in [0.29, 0.717) is 6.42 Å².